The molecule has 0 aromatic carbocycles. The van der Waals surface area contributed by atoms with Gasteiger partial charge in [-0.3, -0.25) is 0 Å². The minimum Gasteiger partial charge on any atom is -0.241 e. The van der Waals surface area contributed by atoms with Crippen LogP contribution >= 0.6 is 11.6 Å². The van der Waals surface area contributed by atoms with E-state index >= 15 is 0 Å². The number of sulfone groups is 1. The predicted molar refractivity (Wildman–Crippen MR) is 69.7 cm³/mol. The van der Waals surface area contributed by atoms with Gasteiger partial charge in [0.25, 0.3) is 0 Å². The molecule has 18 heavy (non-hydrogen) atoms. The third-order valence-electron chi connectivity index (χ3n) is 2.54. The van der Waals surface area contributed by atoms with Gasteiger partial charge in [0.05, 0.1) is 11.4 Å². The van der Waals surface area contributed by atoms with Crippen molar-refractivity contribution in [1.82, 2.24) is 14.6 Å². The summed E-state index contributed by atoms with van der Waals surface area (Å²) in [5.41, 5.74) is 1.27. The van der Waals surface area contributed by atoms with E-state index < -0.39 is 9.84 Å². The molecule has 1 atom stereocenters. The van der Waals surface area contributed by atoms with Gasteiger partial charge < -0.3 is 0 Å². The van der Waals surface area contributed by atoms with Crippen LogP contribution in [0.25, 0.3) is 5.52 Å². The second-order valence-electron chi connectivity index (χ2n) is 4.39. The highest BCUT2D eigenvalue weighted by atomic mass is 35.5. The van der Waals surface area contributed by atoms with Crippen LogP contribution in [-0.4, -0.2) is 34.6 Å². The molecule has 0 spiro atoms. The monoisotopic (exact) mass is 287 g/mol. The van der Waals surface area contributed by atoms with E-state index in [9.17, 15) is 8.42 Å². The molecule has 0 aliphatic heterocycles. The molecule has 0 N–H and O–H groups in total. The number of nitrogens with zero attached hydrogens (tertiary/aromatic N) is 3. The molecule has 2 aromatic rings. The van der Waals surface area contributed by atoms with Gasteiger partial charge in [0, 0.05) is 18.3 Å². The Morgan fingerprint density at radius 3 is 2.89 bits per heavy atom. The fraction of sp³-hybridized carbons (Fsp3) is 0.455. The lowest BCUT2D eigenvalue weighted by atomic mass is 10.3. The van der Waals surface area contributed by atoms with Crippen molar-refractivity contribution in [1.29, 1.82) is 0 Å². The Kier molecular flexibility index (Phi) is 3.59. The maximum Gasteiger partial charge on any atom is 0.198 e. The molecule has 0 amide bonds. The molecule has 2 aromatic heterocycles. The van der Waals surface area contributed by atoms with E-state index in [0.717, 1.165) is 5.69 Å². The summed E-state index contributed by atoms with van der Waals surface area (Å²) in [7, 11) is -3.44. The molecule has 0 saturated carbocycles. The minimum atomic E-state index is -3.44. The molecular formula is C11H14ClN3O2S. The number of rotatable bonds is 4. The first-order chi connectivity index (χ1) is 8.44. The summed E-state index contributed by atoms with van der Waals surface area (Å²) in [5.74, 6) is 0.191. The summed E-state index contributed by atoms with van der Waals surface area (Å²) >= 11 is 5.67. The average molecular weight is 288 g/mol. The Bertz CT molecular complexity index is 666. The van der Waals surface area contributed by atoms with E-state index in [2.05, 4.69) is 10.1 Å². The molecule has 5 nitrogen and oxygen atoms in total. The van der Waals surface area contributed by atoms with Crippen molar-refractivity contribution in [3.8, 4) is 0 Å². The molecule has 98 valence electrons. The number of alkyl halides is 1. The number of hydrogen-bond acceptors (Lipinski definition) is 4. The second-order valence-corrected chi connectivity index (χ2v) is 6.65. The van der Waals surface area contributed by atoms with Crippen LogP contribution in [0.3, 0.4) is 0 Å². The van der Waals surface area contributed by atoms with Crippen LogP contribution in [-0.2, 0) is 9.84 Å². The topological polar surface area (TPSA) is 64.3 Å². The van der Waals surface area contributed by atoms with Crippen molar-refractivity contribution in [2.75, 3.05) is 11.6 Å². The lowest BCUT2D eigenvalue weighted by Gasteiger charge is -2.08. The molecule has 0 bridgehead atoms. The zero-order valence-corrected chi connectivity index (χ0v) is 11.7. The van der Waals surface area contributed by atoms with E-state index in [1.165, 1.54) is 10.7 Å². The highest BCUT2D eigenvalue weighted by Gasteiger charge is 2.23. The van der Waals surface area contributed by atoms with Crippen molar-refractivity contribution >= 4 is 27.0 Å². The first kappa shape index (κ1) is 13.3. The number of fused-ring (bicyclic) bond motifs is 1. The highest BCUT2D eigenvalue weighted by molar-refractivity contribution is 7.91. The van der Waals surface area contributed by atoms with E-state index in [-0.39, 0.29) is 16.7 Å². The fourth-order valence-corrected chi connectivity index (χ4v) is 3.71. The quantitative estimate of drug-likeness (QED) is 0.803. The molecule has 2 rings (SSSR count). The number of aromatic nitrogens is 3. The van der Waals surface area contributed by atoms with E-state index in [0.29, 0.717) is 11.4 Å². The Morgan fingerprint density at radius 2 is 2.22 bits per heavy atom. The molecule has 1 unspecified atom stereocenters. The number of hydrogen-bond donors (Lipinski definition) is 0. The van der Waals surface area contributed by atoms with Crippen LogP contribution in [0.15, 0.2) is 23.5 Å². The van der Waals surface area contributed by atoms with Gasteiger partial charge in [-0.2, -0.15) is 5.10 Å². The molecule has 0 aliphatic carbocycles. The van der Waals surface area contributed by atoms with Crippen molar-refractivity contribution in [3.05, 3.63) is 24.2 Å². The summed E-state index contributed by atoms with van der Waals surface area (Å²) < 4.78 is 26.1. The third kappa shape index (κ3) is 2.49. The largest absolute Gasteiger partial charge is 0.241 e. The SMILES string of the molecule is Cc1cc2c(S(=O)(=O)CC(C)CCl)nccn2n1. The maximum absolute atomic E-state index is 12.3. The van der Waals surface area contributed by atoms with Crippen molar-refractivity contribution in [2.24, 2.45) is 5.92 Å². The zero-order chi connectivity index (χ0) is 13.3. The van der Waals surface area contributed by atoms with Crippen LogP contribution in [0.1, 0.15) is 12.6 Å². The summed E-state index contributed by atoms with van der Waals surface area (Å²) in [5, 5.41) is 4.24. The molecule has 7 heteroatoms. The van der Waals surface area contributed by atoms with Crippen molar-refractivity contribution < 1.29 is 8.42 Å². The van der Waals surface area contributed by atoms with Gasteiger partial charge in [-0.05, 0) is 18.9 Å². The summed E-state index contributed by atoms with van der Waals surface area (Å²) in [6.45, 7) is 3.61. The number of halogens is 1. The Labute approximate surface area is 111 Å². The molecule has 2 heterocycles. The maximum atomic E-state index is 12.3. The zero-order valence-electron chi connectivity index (χ0n) is 10.2. The average Bonchev–Trinajstić information content (AvgIpc) is 2.67. The van der Waals surface area contributed by atoms with Crippen LogP contribution in [0, 0.1) is 12.8 Å². The van der Waals surface area contributed by atoms with Gasteiger partial charge in [0.1, 0.15) is 5.52 Å². The Morgan fingerprint density at radius 1 is 1.50 bits per heavy atom. The first-order valence-electron chi connectivity index (χ1n) is 5.54. The van der Waals surface area contributed by atoms with E-state index in [1.54, 1.807) is 19.2 Å². The van der Waals surface area contributed by atoms with Gasteiger partial charge in [-0.1, -0.05) is 6.92 Å². The normalized spacial score (nSPS) is 13.9. The van der Waals surface area contributed by atoms with E-state index in [4.69, 9.17) is 11.6 Å². The smallest absolute Gasteiger partial charge is 0.198 e. The van der Waals surface area contributed by atoms with Crippen LogP contribution < -0.4 is 0 Å². The van der Waals surface area contributed by atoms with Gasteiger partial charge in [0.2, 0.25) is 0 Å². The van der Waals surface area contributed by atoms with Gasteiger partial charge in [0.15, 0.2) is 14.9 Å². The second kappa shape index (κ2) is 4.85. The third-order valence-corrected chi connectivity index (χ3v) is 4.98. The van der Waals surface area contributed by atoms with Crippen LogP contribution in [0.2, 0.25) is 0 Å². The lowest BCUT2D eigenvalue weighted by molar-refractivity contribution is 0.580. The van der Waals surface area contributed by atoms with Crippen LogP contribution in [0.4, 0.5) is 0 Å². The molecule has 0 fully saturated rings. The van der Waals surface area contributed by atoms with Crippen LogP contribution in [0.5, 0.6) is 0 Å². The van der Waals surface area contributed by atoms with Crippen molar-refractivity contribution in [2.45, 2.75) is 18.9 Å². The van der Waals surface area contributed by atoms with Gasteiger partial charge in [-0.15, -0.1) is 11.6 Å². The molecular weight excluding hydrogens is 274 g/mol. The first-order valence-corrected chi connectivity index (χ1v) is 7.72. The Hall–Kier alpha value is -1.14. The van der Waals surface area contributed by atoms with E-state index in [1.807, 2.05) is 6.92 Å². The fourth-order valence-electron chi connectivity index (χ4n) is 1.76. The molecule has 0 aliphatic rings. The molecule has 0 saturated heterocycles. The van der Waals surface area contributed by atoms with Gasteiger partial charge in [-0.25, -0.2) is 17.9 Å². The predicted octanol–water partition coefficient (Wildman–Crippen LogP) is 1.69. The minimum absolute atomic E-state index is 0.00655. The Balaban J connectivity index is 2.53. The summed E-state index contributed by atoms with van der Waals surface area (Å²) in [4.78, 5) is 3.99. The van der Waals surface area contributed by atoms with Gasteiger partial charge >= 0.3 is 0 Å². The van der Waals surface area contributed by atoms with Crippen molar-refractivity contribution in [3.63, 3.8) is 0 Å². The standard InChI is InChI=1S/C11H14ClN3O2S/c1-8(6-12)7-18(16,17)11-10-5-9(2)14-15(10)4-3-13-11/h3-5,8H,6-7H2,1-2H3. The lowest BCUT2D eigenvalue weighted by Crippen LogP contribution is -2.17. The molecule has 0 radical (unpaired) electrons. The summed E-state index contributed by atoms with van der Waals surface area (Å²) in [6, 6.07) is 1.71. The summed E-state index contributed by atoms with van der Waals surface area (Å²) in [6.07, 6.45) is 3.07. The highest BCUT2D eigenvalue weighted by Crippen LogP contribution is 2.18. The number of aryl methyl sites for hydroxylation is 1.